The summed E-state index contributed by atoms with van der Waals surface area (Å²) in [6.45, 7) is 11.3. The molecule has 2 fully saturated rings. The van der Waals surface area contributed by atoms with Crippen LogP contribution in [-0.4, -0.2) is 66.3 Å². The van der Waals surface area contributed by atoms with Gasteiger partial charge < -0.3 is 20.4 Å². The van der Waals surface area contributed by atoms with E-state index in [2.05, 4.69) is 15.5 Å². The Morgan fingerprint density at radius 3 is 2.45 bits per heavy atom. The van der Waals surface area contributed by atoms with Gasteiger partial charge in [-0.3, -0.25) is 9.59 Å². The Balaban J connectivity index is 1.42. The number of hydrogen-bond acceptors (Lipinski definition) is 4. The molecule has 2 aromatic carbocycles. The van der Waals surface area contributed by atoms with Gasteiger partial charge >= 0.3 is 6.03 Å². The Hall–Kier alpha value is -3.26. The molecule has 2 aliphatic rings. The number of halogens is 1. The second kappa shape index (κ2) is 12.9. The average molecular weight is 551 g/mol. The summed E-state index contributed by atoms with van der Waals surface area (Å²) < 4.78 is 13.4. The molecule has 2 saturated heterocycles. The van der Waals surface area contributed by atoms with Crippen LogP contribution in [0.4, 0.5) is 14.9 Å². The van der Waals surface area contributed by atoms with Gasteiger partial charge in [0.25, 0.3) is 0 Å². The molecule has 0 radical (unpaired) electrons. The summed E-state index contributed by atoms with van der Waals surface area (Å²) in [6, 6.07) is 13.3. The molecule has 0 spiro atoms. The van der Waals surface area contributed by atoms with Gasteiger partial charge in [0.2, 0.25) is 5.91 Å². The average Bonchev–Trinajstić information content (AvgIpc) is 2.90. The van der Waals surface area contributed by atoms with E-state index in [0.29, 0.717) is 36.7 Å². The van der Waals surface area contributed by atoms with Crippen LogP contribution < -0.4 is 10.6 Å². The summed E-state index contributed by atoms with van der Waals surface area (Å²) in [5.41, 5.74) is 1.81. The fraction of sp³-hybridized carbons (Fsp3) is 0.531. The molecule has 2 N–H and O–H groups in total. The zero-order valence-corrected chi connectivity index (χ0v) is 24.2. The van der Waals surface area contributed by atoms with Crippen LogP contribution in [-0.2, 0) is 11.2 Å². The molecule has 8 heteroatoms. The molecule has 216 valence electrons. The molecule has 40 heavy (non-hydrogen) atoms. The van der Waals surface area contributed by atoms with Gasteiger partial charge in [-0.2, -0.15) is 0 Å². The maximum absolute atomic E-state index is 13.4. The van der Waals surface area contributed by atoms with Crippen molar-refractivity contribution in [3.05, 3.63) is 65.5 Å². The van der Waals surface area contributed by atoms with Crippen LogP contribution in [0, 0.1) is 23.1 Å². The molecule has 4 rings (SSSR count). The number of nitrogens with zero attached hydrogens (tertiary/aromatic N) is 2. The molecule has 2 aliphatic heterocycles. The molecule has 0 unspecified atom stereocenters. The van der Waals surface area contributed by atoms with E-state index in [9.17, 15) is 18.8 Å². The minimum atomic E-state index is -0.463. The molecule has 0 bridgehead atoms. The Labute approximate surface area is 237 Å². The van der Waals surface area contributed by atoms with Crippen molar-refractivity contribution < 1.29 is 18.8 Å². The first-order chi connectivity index (χ1) is 19.0. The number of Topliss-reactive ketones (excluding diaryl/α,β-unsaturated/α-hetero) is 1. The van der Waals surface area contributed by atoms with Crippen molar-refractivity contribution in [2.75, 3.05) is 38.0 Å². The summed E-state index contributed by atoms with van der Waals surface area (Å²) >= 11 is 0. The van der Waals surface area contributed by atoms with E-state index in [0.717, 1.165) is 44.5 Å². The molecular weight excluding hydrogens is 507 g/mol. The molecule has 0 aromatic heterocycles. The van der Waals surface area contributed by atoms with Crippen molar-refractivity contribution in [1.29, 1.82) is 0 Å². The number of piperidine rings is 2. The summed E-state index contributed by atoms with van der Waals surface area (Å²) in [5.74, 6) is 0.431. The lowest BCUT2D eigenvalue weighted by atomic mass is 9.86. The molecule has 7 nitrogen and oxygen atoms in total. The third-order valence-corrected chi connectivity index (χ3v) is 8.04. The first-order valence-electron chi connectivity index (χ1n) is 14.4. The normalized spacial score (nSPS) is 22.0. The highest BCUT2D eigenvalue weighted by Crippen LogP contribution is 2.27. The van der Waals surface area contributed by atoms with Crippen LogP contribution in [0.15, 0.2) is 48.5 Å². The maximum atomic E-state index is 13.4. The molecule has 2 heterocycles. The standard InChI is InChI=1S/C32H43FN4O3/c1-22(38)25-8-5-9-28(18-25)34-31(40)35-29-14-16-37(30(39)32(2,3)4)21-26(29)20-36-15-6-7-24(19-36)17-23-10-12-27(33)13-11-23/h5,8-13,18,24,26,29H,6-7,14-17,19-21H2,1-4H3,(H2,34,35,40)/t24-,26+,29+/m0/s1. The number of rotatable bonds is 7. The fourth-order valence-electron chi connectivity index (χ4n) is 5.99. The highest BCUT2D eigenvalue weighted by molar-refractivity contribution is 5.96. The minimum absolute atomic E-state index is 0.0562. The van der Waals surface area contributed by atoms with Crippen LogP contribution in [0.2, 0.25) is 0 Å². The number of urea groups is 1. The summed E-state index contributed by atoms with van der Waals surface area (Å²) in [5, 5.41) is 6.06. The van der Waals surface area contributed by atoms with Crippen LogP contribution in [0.1, 0.15) is 62.9 Å². The molecule has 3 amide bonds. The Morgan fingerprint density at radius 2 is 1.75 bits per heavy atom. The first-order valence-corrected chi connectivity index (χ1v) is 14.4. The van der Waals surface area contributed by atoms with Gasteiger partial charge in [0.15, 0.2) is 5.78 Å². The summed E-state index contributed by atoms with van der Waals surface area (Å²) in [7, 11) is 0. The van der Waals surface area contributed by atoms with Crippen molar-refractivity contribution in [2.24, 2.45) is 17.3 Å². The number of carbonyl (C=O) groups is 3. The van der Waals surface area contributed by atoms with E-state index >= 15 is 0 Å². The van der Waals surface area contributed by atoms with Gasteiger partial charge in [0, 0.05) is 54.8 Å². The second-order valence-corrected chi connectivity index (χ2v) is 12.5. The van der Waals surface area contributed by atoms with Crippen molar-refractivity contribution in [1.82, 2.24) is 15.1 Å². The topological polar surface area (TPSA) is 81.8 Å². The number of anilines is 1. The number of hydrogen-bond donors (Lipinski definition) is 2. The highest BCUT2D eigenvalue weighted by Gasteiger charge is 2.37. The lowest BCUT2D eigenvalue weighted by Crippen LogP contribution is -2.57. The van der Waals surface area contributed by atoms with Gasteiger partial charge in [0.05, 0.1) is 0 Å². The summed E-state index contributed by atoms with van der Waals surface area (Å²) in [4.78, 5) is 42.3. The Bertz CT molecular complexity index is 1190. The van der Waals surface area contributed by atoms with Crippen molar-refractivity contribution in [3.8, 4) is 0 Å². The second-order valence-electron chi connectivity index (χ2n) is 12.5. The summed E-state index contributed by atoms with van der Waals surface area (Å²) in [6.07, 6.45) is 3.82. The largest absolute Gasteiger partial charge is 0.342 e. The predicted octanol–water partition coefficient (Wildman–Crippen LogP) is 5.37. The zero-order chi connectivity index (χ0) is 28.9. The molecule has 0 saturated carbocycles. The quantitative estimate of drug-likeness (QED) is 0.455. The molecular formula is C32H43FN4O3. The van der Waals surface area contributed by atoms with E-state index in [1.54, 1.807) is 24.3 Å². The molecule has 3 atom stereocenters. The SMILES string of the molecule is CC(=O)c1cccc(NC(=O)N[C@@H]2CCN(C(=O)C(C)(C)C)C[C@H]2CN2CCC[C@@H](Cc3ccc(F)cc3)C2)c1. The van der Waals surface area contributed by atoms with E-state index < -0.39 is 5.41 Å². The van der Waals surface area contributed by atoms with E-state index in [4.69, 9.17) is 0 Å². The number of ketones is 1. The Morgan fingerprint density at radius 1 is 1.00 bits per heavy atom. The monoisotopic (exact) mass is 550 g/mol. The van der Waals surface area contributed by atoms with Crippen LogP contribution in [0.3, 0.4) is 0 Å². The first kappa shape index (κ1) is 29.7. The lowest BCUT2D eigenvalue weighted by Gasteiger charge is -2.44. The van der Waals surface area contributed by atoms with Crippen LogP contribution in [0.25, 0.3) is 0 Å². The molecule has 2 aromatic rings. The maximum Gasteiger partial charge on any atom is 0.319 e. The predicted molar refractivity (Wildman–Crippen MR) is 156 cm³/mol. The lowest BCUT2D eigenvalue weighted by molar-refractivity contribution is -0.141. The van der Waals surface area contributed by atoms with Gasteiger partial charge in [-0.15, -0.1) is 0 Å². The number of likely N-dealkylation sites (tertiary alicyclic amines) is 2. The number of amides is 3. The third-order valence-electron chi connectivity index (χ3n) is 8.04. The van der Waals surface area contributed by atoms with Gasteiger partial charge in [-0.25, -0.2) is 9.18 Å². The van der Waals surface area contributed by atoms with Crippen molar-refractivity contribution >= 4 is 23.4 Å². The van der Waals surface area contributed by atoms with Crippen molar-refractivity contribution in [2.45, 2.75) is 59.4 Å². The number of benzene rings is 2. The van der Waals surface area contributed by atoms with E-state index in [1.807, 2.05) is 37.8 Å². The molecule has 0 aliphatic carbocycles. The third kappa shape index (κ3) is 8.13. The smallest absolute Gasteiger partial charge is 0.319 e. The van der Waals surface area contributed by atoms with Gasteiger partial charge in [-0.1, -0.05) is 45.0 Å². The number of nitrogens with one attached hydrogen (secondary N) is 2. The van der Waals surface area contributed by atoms with Gasteiger partial charge in [0.1, 0.15) is 5.82 Å². The van der Waals surface area contributed by atoms with E-state index in [1.165, 1.54) is 19.1 Å². The zero-order valence-electron chi connectivity index (χ0n) is 24.2. The number of carbonyl (C=O) groups excluding carboxylic acids is 3. The van der Waals surface area contributed by atoms with Crippen LogP contribution >= 0.6 is 0 Å². The fourth-order valence-corrected chi connectivity index (χ4v) is 5.99. The van der Waals surface area contributed by atoms with Crippen molar-refractivity contribution in [3.63, 3.8) is 0 Å². The van der Waals surface area contributed by atoms with E-state index in [-0.39, 0.29) is 35.5 Å². The highest BCUT2D eigenvalue weighted by atomic mass is 19.1. The van der Waals surface area contributed by atoms with Gasteiger partial charge in [-0.05, 0) is 74.9 Å². The Kier molecular flexibility index (Phi) is 9.61. The van der Waals surface area contributed by atoms with Crippen LogP contribution in [0.5, 0.6) is 0 Å². The minimum Gasteiger partial charge on any atom is -0.342 e.